The van der Waals surface area contributed by atoms with Gasteiger partial charge in [-0.3, -0.25) is 14.4 Å². The molecule has 4 rings (SSSR count). The summed E-state index contributed by atoms with van der Waals surface area (Å²) in [7, 11) is 0. The molecule has 2 N–H and O–H groups in total. The molecule has 0 bridgehead atoms. The molecular formula is C28H23ClN2O5. The largest absolute Gasteiger partial charge is 0.457 e. The van der Waals surface area contributed by atoms with Crippen molar-refractivity contribution < 1.29 is 23.9 Å². The van der Waals surface area contributed by atoms with E-state index in [1.165, 1.54) is 0 Å². The Balaban J connectivity index is 1.18. The number of nitrogens with one attached hydrogen (secondary N) is 2. The van der Waals surface area contributed by atoms with Crippen LogP contribution in [0.5, 0.6) is 11.5 Å². The summed E-state index contributed by atoms with van der Waals surface area (Å²) in [6.45, 7) is -0.432. The molecule has 0 saturated heterocycles. The first-order valence-electron chi connectivity index (χ1n) is 11.2. The first-order chi connectivity index (χ1) is 17.5. The summed E-state index contributed by atoms with van der Waals surface area (Å²) in [5.41, 5.74) is 1.20. The van der Waals surface area contributed by atoms with Gasteiger partial charge < -0.3 is 20.1 Å². The van der Waals surface area contributed by atoms with Gasteiger partial charge in [-0.05, 0) is 60.0 Å². The van der Waals surface area contributed by atoms with E-state index in [4.69, 9.17) is 21.1 Å². The minimum absolute atomic E-state index is 0.0766. The molecule has 182 valence electrons. The van der Waals surface area contributed by atoms with Crippen LogP contribution in [0.4, 0.5) is 11.4 Å². The van der Waals surface area contributed by atoms with Crippen molar-refractivity contribution in [3.63, 3.8) is 0 Å². The minimum Gasteiger partial charge on any atom is -0.457 e. The van der Waals surface area contributed by atoms with Crippen LogP contribution in [0.3, 0.4) is 0 Å². The standard InChI is InChI=1S/C28H23ClN2O5/c29-20-8-12-22(13-9-20)36-23-14-10-21(11-15-23)30-26(32)16-17-28(34)35-18-27(33)31-25-7-3-5-19-4-1-2-6-24(19)25/h1-15H,16-18H2,(H,30,32)(H,31,33). The number of fused-ring (bicyclic) bond motifs is 1. The number of hydrogen-bond donors (Lipinski definition) is 2. The summed E-state index contributed by atoms with van der Waals surface area (Å²) >= 11 is 5.87. The number of benzene rings is 4. The summed E-state index contributed by atoms with van der Waals surface area (Å²) in [5, 5.41) is 7.96. The molecule has 0 aliphatic heterocycles. The summed E-state index contributed by atoms with van der Waals surface area (Å²) in [4.78, 5) is 36.4. The Morgan fingerprint density at radius 3 is 2.11 bits per heavy atom. The van der Waals surface area contributed by atoms with Gasteiger partial charge in [-0.25, -0.2) is 0 Å². The van der Waals surface area contributed by atoms with Crippen molar-refractivity contribution in [3.05, 3.63) is 96.0 Å². The van der Waals surface area contributed by atoms with E-state index in [1.54, 1.807) is 54.6 Å². The smallest absolute Gasteiger partial charge is 0.306 e. The molecule has 0 fully saturated rings. The topological polar surface area (TPSA) is 93.7 Å². The molecule has 0 unspecified atom stereocenters. The van der Waals surface area contributed by atoms with Gasteiger partial charge >= 0.3 is 5.97 Å². The van der Waals surface area contributed by atoms with Gasteiger partial charge in [-0.15, -0.1) is 0 Å². The number of rotatable bonds is 9. The number of ether oxygens (including phenoxy) is 2. The third-order valence-corrected chi connectivity index (χ3v) is 5.42. The average molecular weight is 503 g/mol. The summed E-state index contributed by atoms with van der Waals surface area (Å²) in [5.74, 6) is -0.199. The van der Waals surface area contributed by atoms with Crippen molar-refractivity contribution in [1.82, 2.24) is 0 Å². The highest BCUT2D eigenvalue weighted by Gasteiger charge is 2.12. The maximum Gasteiger partial charge on any atom is 0.306 e. The number of carbonyl (C=O) groups excluding carboxylic acids is 3. The van der Waals surface area contributed by atoms with Crippen molar-refractivity contribution >= 4 is 51.5 Å². The molecule has 0 atom stereocenters. The summed E-state index contributed by atoms with van der Waals surface area (Å²) < 4.78 is 10.7. The molecule has 0 spiro atoms. The van der Waals surface area contributed by atoms with Crippen LogP contribution in [0.2, 0.25) is 5.02 Å². The molecule has 0 aliphatic carbocycles. The van der Waals surface area contributed by atoms with Crippen molar-refractivity contribution in [2.75, 3.05) is 17.2 Å². The molecular weight excluding hydrogens is 480 g/mol. The van der Waals surface area contributed by atoms with Crippen molar-refractivity contribution in [2.24, 2.45) is 0 Å². The molecule has 7 nitrogen and oxygen atoms in total. The van der Waals surface area contributed by atoms with Crippen LogP contribution < -0.4 is 15.4 Å². The normalized spacial score (nSPS) is 10.5. The lowest BCUT2D eigenvalue weighted by Gasteiger charge is -2.10. The van der Waals surface area contributed by atoms with Gasteiger partial charge in [-0.1, -0.05) is 48.0 Å². The molecule has 0 radical (unpaired) electrons. The van der Waals surface area contributed by atoms with Crippen LogP contribution in [-0.2, 0) is 19.1 Å². The highest BCUT2D eigenvalue weighted by Crippen LogP contribution is 2.25. The highest BCUT2D eigenvalue weighted by molar-refractivity contribution is 6.30. The maximum absolute atomic E-state index is 12.2. The first kappa shape index (κ1) is 24.8. The SMILES string of the molecule is O=C(CCC(=O)OCC(=O)Nc1cccc2ccccc12)Nc1ccc(Oc2ccc(Cl)cc2)cc1. The summed E-state index contributed by atoms with van der Waals surface area (Å²) in [6.07, 6.45) is -0.224. The van der Waals surface area contributed by atoms with Gasteiger partial charge in [0.1, 0.15) is 11.5 Å². The second-order valence-corrected chi connectivity index (χ2v) is 8.30. The summed E-state index contributed by atoms with van der Waals surface area (Å²) in [6, 6.07) is 27.0. The van der Waals surface area contributed by atoms with Crippen LogP contribution in [-0.4, -0.2) is 24.4 Å². The van der Waals surface area contributed by atoms with Crippen LogP contribution in [0.25, 0.3) is 10.8 Å². The van der Waals surface area contributed by atoms with E-state index in [0.29, 0.717) is 27.9 Å². The molecule has 8 heteroatoms. The molecule has 36 heavy (non-hydrogen) atoms. The minimum atomic E-state index is -0.634. The van der Waals surface area contributed by atoms with Gasteiger partial charge in [0.25, 0.3) is 5.91 Å². The highest BCUT2D eigenvalue weighted by atomic mass is 35.5. The zero-order valence-corrected chi connectivity index (χ0v) is 20.0. The zero-order valence-electron chi connectivity index (χ0n) is 19.2. The Hall–Kier alpha value is -4.36. The lowest BCUT2D eigenvalue weighted by atomic mass is 10.1. The van der Waals surface area contributed by atoms with Crippen LogP contribution in [0.1, 0.15) is 12.8 Å². The fourth-order valence-corrected chi connectivity index (χ4v) is 3.55. The van der Waals surface area contributed by atoms with E-state index in [-0.39, 0.29) is 18.7 Å². The lowest BCUT2D eigenvalue weighted by molar-refractivity contribution is -0.147. The lowest BCUT2D eigenvalue weighted by Crippen LogP contribution is -2.22. The predicted molar refractivity (Wildman–Crippen MR) is 139 cm³/mol. The Kier molecular flexibility index (Phi) is 8.16. The molecule has 0 aliphatic rings. The van der Waals surface area contributed by atoms with E-state index in [9.17, 15) is 14.4 Å². The number of carbonyl (C=O) groups is 3. The van der Waals surface area contributed by atoms with Crippen LogP contribution >= 0.6 is 11.6 Å². The Morgan fingerprint density at radius 2 is 1.36 bits per heavy atom. The monoisotopic (exact) mass is 502 g/mol. The predicted octanol–water partition coefficient (Wildman–Crippen LogP) is 6.19. The number of amides is 2. The van der Waals surface area contributed by atoms with Gasteiger partial charge in [0.15, 0.2) is 6.61 Å². The van der Waals surface area contributed by atoms with Crippen molar-refractivity contribution in [1.29, 1.82) is 0 Å². The molecule has 0 heterocycles. The average Bonchev–Trinajstić information content (AvgIpc) is 2.89. The Labute approximate surface area is 213 Å². The molecule has 4 aromatic rings. The fourth-order valence-electron chi connectivity index (χ4n) is 3.42. The number of esters is 1. The van der Waals surface area contributed by atoms with Gasteiger partial charge in [-0.2, -0.15) is 0 Å². The number of halogens is 1. The van der Waals surface area contributed by atoms with E-state index >= 15 is 0 Å². The second kappa shape index (κ2) is 11.9. The van der Waals surface area contributed by atoms with Crippen molar-refractivity contribution in [3.8, 4) is 11.5 Å². The Morgan fingerprint density at radius 1 is 0.694 bits per heavy atom. The number of hydrogen-bond acceptors (Lipinski definition) is 5. The van der Waals surface area contributed by atoms with E-state index in [2.05, 4.69) is 10.6 Å². The maximum atomic E-state index is 12.2. The van der Waals surface area contributed by atoms with Crippen molar-refractivity contribution in [2.45, 2.75) is 12.8 Å². The van der Waals surface area contributed by atoms with E-state index in [0.717, 1.165) is 10.8 Å². The van der Waals surface area contributed by atoms with Gasteiger partial charge in [0, 0.05) is 28.2 Å². The second-order valence-electron chi connectivity index (χ2n) is 7.86. The van der Waals surface area contributed by atoms with Gasteiger partial charge in [0.05, 0.1) is 6.42 Å². The van der Waals surface area contributed by atoms with E-state index < -0.39 is 18.5 Å². The zero-order chi connectivity index (χ0) is 25.3. The number of anilines is 2. The third kappa shape index (κ3) is 7.07. The molecule has 2 amide bonds. The van der Waals surface area contributed by atoms with Crippen LogP contribution in [0, 0.1) is 0 Å². The Bertz CT molecular complexity index is 1370. The van der Waals surface area contributed by atoms with E-state index in [1.807, 2.05) is 36.4 Å². The van der Waals surface area contributed by atoms with Gasteiger partial charge in [0.2, 0.25) is 5.91 Å². The molecule has 0 aromatic heterocycles. The fraction of sp³-hybridized carbons (Fsp3) is 0.107. The quantitative estimate of drug-likeness (QED) is 0.266. The molecule has 4 aromatic carbocycles. The van der Waals surface area contributed by atoms with Crippen LogP contribution in [0.15, 0.2) is 91.0 Å². The molecule has 0 saturated carbocycles. The third-order valence-electron chi connectivity index (χ3n) is 5.17. The first-order valence-corrected chi connectivity index (χ1v) is 11.6.